The first kappa shape index (κ1) is 32.6. The Hall–Kier alpha value is -4.36. The van der Waals surface area contributed by atoms with E-state index in [1.807, 2.05) is 53.2 Å². The summed E-state index contributed by atoms with van der Waals surface area (Å²) in [7, 11) is 1.63. The number of pyridine rings is 1. The van der Waals surface area contributed by atoms with Crippen LogP contribution in [0.5, 0.6) is 5.75 Å². The quantitative estimate of drug-likeness (QED) is 0.166. The molecule has 47 heavy (non-hydrogen) atoms. The zero-order valence-corrected chi connectivity index (χ0v) is 26.9. The van der Waals surface area contributed by atoms with Gasteiger partial charge in [-0.15, -0.1) is 0 Å². The van der Waals surface area contributed by atoms with Gasteiger partial charge in [-0.05, 0) is 91.1 Å². The predicted molar refractivity (Wildman–Crippen MR) is 176 cm³/mol. The molecule has 2 aliphatic rings. The highest BCUT2D eigenvalue weighted by Crippen LogP contribution is 2.46. The Kier molecular flexibility index (Phi) is 9.83. The topological polar surface area (TPSA) is 59.6 Å². The van der Waals surface area contributed by atoms with Crippen molar-refractivity contribution in [1.82, 2.24) is 19.7 Å². The average molecular weight is 643 g/mol. The SMILES string of the molecule is [C-]#[N+]c1cnn(Cc2ccc(OC)cc2)c1C(c1cccc(NCc2ncc(CN3CCC[C@H](C)C3)cc2C(F)(F)F)c1)C1CCC1. The molecule has 246 valence electrons. The molecule has 1 aliphatic carbocycles. The fourth-order valence-corrected chi connectivity index (χ4v) is 6.97. The van der Waals surface area contributed by atoms with Crippen LogP contribution in [0.15, 0.2) is 67.0 Å². The highest BCUT2D eigenvalue weighted by Gasteiger charge is 2.36. The van der Waals surface area contributed by atoms with Crippen LogP contribution in [0, 0.1) is 18.4 Å². The van der Waals surface area contributed by atoms with E-state index in [2.05, 4.69) is 32.1 Å². The van der Waals surface area contributed by atoms with Crippen molar-refractivity contribution in [3.05, 3.63) is 112 Å². The van der Waals surface area contributed by atoms with E-state index in [4.69, 9.17) is 11.3 Å². The molecule has 2 aromatic heterocycles. The van der Waals surface area contributed by atoms with Crippen molar-refractivity contribution in [1.29, 1.82) is 0 Å². The molecule has 0 bridgehead atoms. The van der Waals surface area contributed by atoms with Crippen molar-refractivity contribution < 1.29 is 17.9 Å². The normalized spacial score (nSPS) is 17.9. The monoisotopic (exact) mass is 642 g/mol. The van der Waals surface area contributed by atoms with Crippen LogP contribution in [0.2, 0.25) is 0 Å². The van der Waals surface area contributed by atoms with E-state index in [0.717, 1.165) is 67.8 Å². The van der Waals surface area contributed by atoms with E-state index in [0.29, 0.717) is 41.9 Å². The van der Waals surface area contributed by atoms with Crippen LogP contribution >= 0.6 is 0 Å². The number of benzene rings is 2. The molecule has 0 amide bonds. The Balaban J connectivity index is 1.24. The standard InChI is InChI=1S/C37H41F3N6O/c1-25-7-6-16-45(22-25)23-27-17-32(37(38,39)40)33(43-19-27)20-42-30-11-5-10-29(18-30)35(28-8-4-9-28)36-34(41-2)21-44-46(36)24-26-12-14-31(47-3)15-13-26/h5,10-15,17-19,21,25,28,35,42H,4,6-9,16,20,22-24H2,1,3H3/t25-,35?/m0/s1. The van der Waals surface area contributed by atoms with E-state index in [-0.39, 0.29) is 18.2 Å². The largest absolute Gasteiger partial charge is 0.497 e. The van der Waals surface area contributed by atoms with E-state index in [1.54, 1.807) is 19.5 Å². The number of methoxy groups -OCH3 is 1. The lowest BCUT2D eigenvalue weighted by Gasteiger charge is -2.35. The second kappa shape index (κ2) is 14.2. The van der Waals surface area contributed by atoms with Crippen molar-refractivity contribution in [2.75, 3.05) is 25.5 Å². The third-order valence-corrected chi connectivity index (χ3v) is 9.57. The van der Waals surface area contributed by atoms with Crippen LogP contribution in [0.25, 0.3) is 4.85 Å². The summed E-state index contributed by atoms with van der Waals surface area (Å²) in [4.78, 5) is 10.4. The van der Waals surface area contributed by atoms with Gasteiger partial charge >= 0.3 is 6.18 Å². The summed E-state index contributed by atoms with van der Waals surface area (Å²) in [5.74, 6) is 1.58. The average Bonchev–Trinajstić information content (AvgIpc) is 3.44. The van der Waals surface area contributed by atoms with Crippen LogP contribution < -0.4 is 10.1 Å². The van der Waals surface area contributed by atoms with Gasteiger partial charge in [0.05, 0.1) is 49.9 Å². The summed E-state index contributed by atoms with van der Waals surface area (Å²) in [5, 5.41) is 7.85. The molecular weight excluding hydrogens is 601 g/mol. The molecule has 2 atom stereocenters. The first-order valence-electron chi connectivity index (χ1n) is 16.4. The number of ether oxygens (including phenoxy) is 1. The number of rotatable bonds is 11. The number of likely N-dealkylation sites (tertiary alicyclic amines) is 1. The molecule has 1 aliphatic heterocycles. The minimum absolute atomic E-state index is 0.0259. The summed E-state index contributed by atoms with van der Waals surface area (Å²) in [6, 6.07) is 16.9. The van der Waals surface area contributed by atoms with Crippen LogP contribution in [-0.2, 0) is 25.8 Å². The van der Waals surface area contributed by atoms with Gasteiger partial charge in [0.15, 0.2) is 0 Å². The Labute approximate surface area is 274 Å². The van der Waals surface area contributed by atoms with Crippen molar-refractivity contribution in [2.45, 2.75) is 70.8 Å². The summed E-state index contributed by atoms with van der Waals surface area (Å²) < 4.78 is 49.9. The molecule has 10 heteroatoms. The number of nitrogens with zero attached hydrogens (tertiary/aromatic N) is 5. The summed E-state index contributed by atoms with van der Waals surface area (Å²) >= 11 is 0. The minimum Gasteiger partial charge on any atom is -0.497 e. The van der Waals surface area contributed by atoms with Gasteiger partial charge in [-0.2, -0.15) is 18.3 Å². The van der Waals surface area contributed by atoms with E-state index in [1.165, 1.54) is 6.07 Å². The number of halogens is 3. The minimum atomic E-state index is -4.51. The van der Waals surface area contributed by atoms with Gasteiger partial charge in [0.2, 0.25) is 5.69 Å². The fourth-order valence-electron chi connectivity index (χ4n) is 6.97. The Morgan fingerprint density at radius 1 is 1.02 bits per heavy atom. The number of hydrogen-bond acceptors (Lipinski definition) is 5. The van der Waals surface area contributed by atoms with Crippen LogP contribution in [-0.4, -0.2) is 39.9 Å². The van der Waals surface area contributed by atoms with Gasteiger partial charge in [-0.25, -0.2) is 4.85 Å². The van der Waals surface area contributed by atoms with E-state index >= 15 is 0 Å². The summed E-state index contributed by atoms with van der Waals surface area (Å²) in [6.45, 7) is 12.8. The van der Waals surface area contributed by atoms with E-state index < -0.39 is 11.7 Å². The lowest BCUT2D eigenvalue weighted by Crippen LogP contribution is -2.33. The number of hydrogen-bond donors (Lipinski definition) is 1. The maximum atomic E-state index is 14.2. The molecule has 2 fully saturated rings. The molecular formula is C37H41F3N6O. The number of alkyl halides is 3. The van der Waals surface area contributed by atoms with Crippen LogP contribution in [0.1, 0.15) is 78.6 Å². The molecule has 0 spiro atoms. The second-order valence-electron chi connectivity index (χ2n) is 13.0. The number of nitrogens with one attached hydrogen (secondary N) is 1. The molecule has 0 radical (unpaired) electrons. The molecule has 1 saturated heterocycles. The van der Waals surface area contributed by atoms with Crippen LogP contribution in [0.4, 0.5) is 24.5 Å². The Bertz CT molecular complexity index is 1710. The smallest absolute Gasteiger partial charge is 0.418 e. The van der Waals surface area contributed by atoms with Gasteiger partial charge < -0.3 is 10.1 Å². The summed E-state index contributed by atoms with van der Waals surface area (Å²) in [5.41, 5.74) is 4.02. The Morgan fingerprint density at radius 2 is 1.83 bits per heavy atom. The third kappa shape index (κ3) is 7.62. The number of aromatic nitrogens is 3. The van der Waals surface area contributed by atoms with Crippen LogP contribution in [0.3, 0.4) is 0 Å². The van der Waals surface area contributed by atoms with Gasteiger partial charge in [0.1, 0.15) is 5.75 Å². The first-order chi connectivity index (χ1) is 22.7. The maximum Gasteiger partial charge on any atom is 0.418 e. The summed E-state index contributed by atoms with van der Waals surface area (Å²) in [6.07, 6.45) is 4.13. The van der Waals surface area contributed by atoms with Gasteiger partial charge in [-0.1, -0.05) is 37.6 Å². The van der Waals surface area contributed by atoms with Gasteiger partial charge in [0.25, 0.3) is 0 Å². The molecule has 6 rings (SSSR count). The van der Waals surface area contributed by atoms with Crippen molar-refractivity contribution in [2.24, 2.45) is 11.8 Å². The molecule has 2 aromatic carbocycles. The predicted octanol–water partition coefficient (Wildman–Crippen LogP) is 8.68. The molecule has 7 nitrogen and oxygen atoms in total. The fraction of sp³-hybridized carbons (Fsp3) is 0.432. The van der Waals surface area contributed by atoms with Crippen molar-refractivity contribution in [3.63, 3.8) is 0 Å². The third-order valence-electron chi connectivity index (χ3n) is 9.57. The van der Waals surface area contributed by atoms with Crippen molar-refractivity contribution >= 4 is 11.4 Å². The van der Waals surface area contributed by atoms with Gasteiger partial charge in [-0.3, -0.25) is 14.6 Å². The maximum absolute atomic E-state index is 14.2. The lowest BCUT2D eigenvalue weighted by molar-refractivity contribution is -0.138. The lowest BCUT2D eigenvalue weighted by atomic mass is 9.71. The number of anilines is 1. The first-order valence-corrected chi connectivity index (χ1v) is 16.4. The molecule has 4 aromatic rings. The molecule has 1 unspecified atom stereocenters. The molecule has 1 N–H and O–H groups in total. The second-order valence-corrected chi connectivity index (χ2v) is 13.0. The zero-order chi connectivity index (χ0) is 33.0. The van der Waals surface area contributed by atoms with Crippen molar-refractivity contribution in [3.8, 4) is 5.75 Å². The molecule has 1 saturated carbocycles. The van der Waals surface area contributed by atoms with E-state index in [9.17, 15) is 13.2 Å². The number of piperidine rings is 1. The molecule has 3 heterocycles. The van der Waals surface area contributed by atoms with Gasteiger partial charge in [0, 0.05) is 30.9 Å². The Morgan fingerprint density at radius 3 is 2.51 bits per heavy atom. The highest BCUT2D eigenvalue weighted by molar-refractivity contribution is 5.55. The zero-order valence-electron chi connectivity index (χ0n) is 26.9. The highest BCUT2D eigenvalue weighted by atomic mass is 19.4.